The van der Waals surface area contributed by atoms with Crippen LogP contribution in [-0.2, 0) is 27.2 Å². The molecule has 4 aromatic rings. The second-order valence-electron chi connectivity index (χ2n) is 9.02. The van der Waals surface area contributed by atoms with E-state index in [2.05, 4.69) is 16.0 Å². The Labute approximate surface area is 211 Å². The van der Waals surface area contributed by atoms with Gasteiger partial charge in [-0.2, -0.15) is 0 Å². The molecular weight excluding hydrogens is 480 g/mol. The van der Waals surface area contributed by atoms with Gasteiger partial charge >= 0.3 is 0 Å². The van der Waals surface area contributed by atoms with Crippen molar-refractivity contribution in [2.75, 3.05) is 0 Å². The van der Waals surface area contributed by atoms with Crippen LogP contribution >= 0.6 is 22.7 Å². The molecule has 9 heteroatoms. The van der Waals surface area contributed by atoms with Crippen molar-refractivity contribution in [1.29, 1.82) is 0 Å². The van der Waals surface area contributed by atoms with Crippen molar-refractivity contribution in [3.8, 4) is 0 Å². The van der Waals surface area contributed by atoms with Gasteiger partial charge in [-0.05, 0) is 58.6 Å². The molecule has 182 valence electrons. The van der Waals surface area contributed by atoms with Crippen LogP contribution in [0.2, 0.25) is 0 Å². The zero-order valence-electron chi connectivity index (χ0n) is 19.5. The molecule has 0 spiro atoms. The number of thiophene rings is 2. The van der Waals surface area contributed by atoms with Gasteiger partial charge in [0.25, 0.3) is 0 Å². The van der Waals surface area contributed by atoms with Crippen LogP contribution in [0, 0.1) is 0 Å². The molecule has 7 nitrogen and oxygen atoms in total. The number of hydrogen-bond donors (Lipinski definition) is 4. The normalized spacial score (nSPS) is 13.3. The summed E-state index contributed by atoms with van der Waals surface area (Å²) >= 11 is 3.21. The summed E-state index contributed by atoms with van der Waals surface area (Å²) in [6.45, 7) is 3.19. The van der Waals surface area contributed by atoms with E-state index in [1.54, 1.807) is 36.5 Å². The van der Waals surface area contributed by atoms with E-state index in [0.717, 1.165) is 31.3 Å². The molecule has 0 aliphatic rings. The topological polar surface area (TPSA) is 113 Å². The molecule has 0 saturated heterocycles. The van der Waals surface area contributed by atoms with Crippen LogP contribution in [0.4, 0.5) is 0 Å². The van der Waals surface area contributed by atoms with Crippen molar-refractivity contribution >= 4 is 61.1 Å². The molecule has 0 saturated carbocycles. The fourth-order valence-corrected chi connectivity index (χ4v) is 5.83. The van der Waals surface area contributed by atoms with Crippen molar-refractivity contribution in [2.24, 2.45) is 5.73 Å². The van der Waals surface area contributed by atoms with Crippen LogP contribution in [0.1, 0.15) is 25.0 Å². The highest BCUT2D eigenvalue weighted by Gasteiger charge is 2.30. The highest BCUT2D eigenvalue weighted by atomic mass is 32.1. The van der Waals surface area contributed by atoms with Gasteiger partial charge in [0.2, 0.25) is 18.2 Å². The van der Waals surface area contributed by atoms with E-state index in [-0.39, 0.29) is 0 Å². The number of amides is 3. The van der Waals surface area contributed by atoms with E-state index < -0.39 is 29.6 Å². The molecule has 0 fully saturated rings. The maximum atomic E-state index is 13.4. The number of carbonyl (C=O) groups excluding carboxylic acids is 3. The first-order valence-corrected chi connectivity index (χ1v) is 13.0. The lowest BCUT2D eigenvalue weighted by molar-refractivity contribution is -0.131. The molecule has 5 N–H and O–H groups in total. The Hall–Kier alpha value is -3.27. The molecule has 35 heavy (non-hydrogen) atoms. The van der Waals surface area contributed by atoms with Crippen LogP contribution in [0.5, 0.6) is 0 Å². The van der Waals surface area contributed by atoms with Crippen molar-refractivity contribution in [2.45, 2.75) is 44.4 Å². The number of benzene rings is 2. The van der Waals surface area contributed by atoms with Crippen LogP contribution in [0.25, 0.3) is 20.2 Å². The quantitative estimate of drug-likeness (QED) is 0.194. The Morgan fingerprint density at radius 3 is 2.00 bits per heavy atom. The SMILES string of the molecule is CC(C)(N)C(=O)N[C@H](Cc1csc2ccccc12)C(=O)N[C@H](Cc1csc2ccccc12)NC=O. The molecule has 0 aliphatic heterocycles. The average Bonchev–Trinajstić information content (AvgIpc) is 3.42. The Kier molecular flexibility index (Phi) is 7.49. The second kappa shape index (κ2) is 10.6. The second-order valence-corrected chi connectivity index (χ2v) is 10.8. The van der Waals surface area contributed by atoms with Gasteiger partial charge in [0.05, 0.1) is 5.54 Å². The van der Waals surface area contributed by atoms with Gasteiger partial charge in [0.1, 0.15) is 12.2 Å². The molecule has 0 radical (unpaired) electrons. The van der Waals surface area contributed by atoms with Crippen molar-refractivity contribution in [3.63, 3.8) is 0 Å². The van der Waals surface area contributed by atoms with Crippen LogP contribution in [0.3, 0.4) is 0 Å². The van der Waals surface area contributed by atoms with Crippen LogP contribution < -0.4 is 21.7 Å². The first kappa shape index (κ1) is 24.8. The van der Waals surface area contributed by atoms with Gasteiger partial charge in [0.15, 0.2) is 0 Å². The van der Waals surface area contributed by atoms with E-state index >= 15 is 0 Å². The lowest BCUT2D eigenvalue weighted by atomic mass is 10.0. The average molecular weight is 509 g/mol. The van der Waals surface area contributed by atoms with Crippen molar-refractivity contribution in [3.05, 3.63) is 70.4 Å². The molecule has 3 amide bonds. The van der Waals surface area contributed by atoms with Crippen molar-refractivity contribution in [1.82, 2.24) is 16.0 Å². The standard InChI is InChI=1S/C26H28N4O3S2/c1-26(2,27)25(33)29-20(11-16-13-34-21-9-5-3-7-18(16)21)24(32)30-23(28-15-31)12-17-14-35-22-10-6-4-8-19(17)22/h3-10,13-15,20,23H,11-12,27H2,1-2H3,(H,28,31)(H,29,33)(H,30,32)/t20-,23-/m1/s1. The molecule has 0 aliphatic carbocycles. The molecule has 2 aromatic carbocycles. The zero-order chi connectivity index (χ0) is 25.0. The minimum atomic E-state index is -1.15. The third-order valence-corrected chi connectivity index (χ3v) is 7.79. The Morgan fingerprint density at radius 1 is 0.914 bits per heavy atom. The molecule has 4 rings (SSSR count). The van der Waals surface area contributed by atoms with Crippen LogP contribution in [0.15, 0.2) is 59.3 Å². The monoisotopic (exact) mass is 508 g/mol. The van der Waals surface area contributed by atoms with E-state index in [1.807, 2.05) is 59.3 Å². The number of carbonyl (C=O) groups is 3. The van der Waals surface area contributed by atoms with E-state index in [4.69, 9.17) is 5.73 Å². The lowest BCUT2D eigenvalue weighted by Gasteiger charge is -2.26. The summed E-state index contributed by atoms with van der Waals surface area (Å²) in [7, 11) is 0. The maximum absolute atomic E-state index is 13.4. The Balaban J connectivity index is 1.56. The van der Waals surface area contributed by atoms with E-state index in [9.17, 15) is 14.4 Å². The van der Waals surface area contributed by atoms with Crippen LogP contribution in [-0.4, -0.2) is 36.0 Å². The predicted molar refractivity (Wildman–Crippen MR) is 142 cm³/mol. The third-order valence-electron chi connectivity index (χ3n) is 5.76. The highest BCUT2D eigenvalue weighted by Crippen LogP contribution is 2.28. The smallest absolute Gasteiger partial charge is 0.244 e. The van der Waals surface area contributed by atoms with Gasteiger partial charge < -0.3 is 21.7 Å². The molecule has 0 bridgehead atoms. The Bertz CT molecular complexity index is 1360. The first-order valence-electron chi connectivity index (χ1n) is 11.3. The summed E-state index contributed by atoms with van der Waals surface area (Å²) in [5, 5.41) is 14.6. The van der Waals surface area contributed by atoms with Gasteiger partial charge in [-0.1, -0.05) is 36.4 Å². The Morgan fingerprint density at radius 2 is 1.46 bits per heavy atom. The predicted octanol–water partition coefficient (Wildman–Crippen LogP) is 3.31. The summed E-state index contributed by atoms with van der Waals surface area (Å²) in [6.07, 6.45) is 0.649. The molecule has 2 heterocycles. The fourth-order valence-electron chi connectivity index (χ4n) is 3.88. The maximum Gasteiger partial charge on any atom is 0.244 e. The molecule has 2 aromatic heterocycles. The van der Waals surface area contributed by atoms with Gasteiger partial charge in [-0.3, -0.25) is 14.4 Å². The van der Waals surface area contributed by atoms with Gasteiger partial charge in [-0.25, -0.2) is 0 Å². The minimum Gasteiger partial charge on any atom is -0.342 e. The van der Waals surface area contributed by atoms with Crippen molar-refractivity contribution < 1.29 is 14.4 Å². The number of fused-ring (bicyclic) bond motifs is 2. The number of nitrogens with two attached hydrogens (primary N) is 1. The zero-order valence-corrected chi connectivity index (χ0v) is 21.2. The molecule has 2 atom stereocenters. The van der Waals surface area contributed by atoms with Gasteiger partial charge in [-0.15, -0.1) is 22.7 Å². The summed E-state index contributed by atoms with van der Waals surface area (Å²) < 4.78 is 2.25. The summed E-state index contributed by atoms with van der Waals surface area (Å²) in [4.78, 5) is 37.5. The lowest BCUT2D eigenvalue weighted by Crippen LogP contribution is -2.59. The fraction of sp³-hybridized carbons (Fsp3) is 0.269. The summed E-state index contributed by atoms with van der Waals surface area (Å²) in [5.41, 5.74) is 6.83. The van der Waals surface area contributed by atoms with E-state index in [1.165, 1.54) is 0 Å². The summed E-state index contributed by atoms with van der Waals surface area (Å²) in [6, 6.07) is 15.1. The molecular formula is C26H28N4O3S2. The largest absolute Gasteiger partial charge is 0.342 e. The van der Waals surface area contributed by atoms with E-state index in [0.29, 0.717) is 19.3 Å². The highest BCUT2D eigenvalue weighted by molar-refractivity contribution is 7.17. The third kappa shape index (κ3) is 5.87. The first-order chi connectivity index (χ1) is 16.8. The number of rotatable bonds is 10. The number of hydrogen-bond acceptors (Lipinski definition) is 6. The molecule has 0 unspecified atom stereocenters. The van der Waals surface area contributed by atoms with Gasteiger partial charge in [0, 0.05) is 22.2 Å². The minimum absolute atomic E-state index is 0.298. The summed E-state index contributed by atoms with van der Waals surface area (Å²) in [5.74, 6) is -0.822. The number of nitrogens with one attached hydrogen (secondary N) is 3.